The fourth-order valence-corrected chi connectivity index (χ4v) is 2.86. The third-order valence-corrected chi connectivity index (χ3v) is 4.27. The highest BCUT2D eigenvalue weighted by Gasteiger charge is 2.21. The maximum atomic E-state index is 12.1. The van der Waals surface area contributed by atoms with E-state index in [0.717, 1.165) is 11.3 Å². The predicted molar refractivity (Wildman–Crippen MR) is 99.6 cm³/mol. The van der Waals surface area contributed by atoms with E-state index in [0.29, 0.717) is 43.4 Å². The molecule has 0 aliphatic carbocycles. The second-order valence-corrected chi connectivity index (χ2v) is 6.29. The summed E-state index contributed by atoms with van der Waals surface area (Å²) in [5.74, 6) is 2.62. The first kappa shape index (κ1) is 17.1. The summed E-state index contributed by atoms with van der Waals surface area (Å²) in [6.45, 7) is 0.811. The van der Waals surface area contributed by atoms with Crippen molar-refractivity contribution in [2.24, 2.45) is 0 Å². The first-order valence-electron chi connectivity index (χ1n) is 8.93. The topological polar surface area (TPSA) is 73.6 Å². The van der Waals surface area contributed by atoms with Gasteiger partial charge >= 0.3 is 0 Å². The van der Waals surface area contributed by atoms with Crippen molar-refractivity contribution in [3.8, 4) is 22.8 Å². The molecule has 2 aromatic carbocycles. The van der Waals surface area contributed by atoms with Crippen LogP contribution in [0.3, 0.4) is 0 Å². The van der Waals surface area contributed by atoms with Crippen molar-refractivity contribution in [3.63, 3.8) is 0 Å². The molecule has 138 valence electrons. The summed E-state index contributed by atoms with van der Waals surface area (Å²) >= 11 is 0. The lowest BCUT2D eigenvalue weighted by molar-refractivity contribution is -0.121. The number of nitrogens with zero attached hydrogens (tertiary/aromatic N) is 1. The number of ether oxygens (including phenoxy) is 2. The number of rotatable bonds is 6. The molecule has 0 saturated heterocycles. The van der Waals surface area contributed by atoms with Gasteiger partial charge in [0.1, 0.15) is 12.7 Å². The lowest BCUT2D eigenvalue weighted by Crippen LogP contribution is -2.40. The molecule has 6 nitrogen and oxygen atoms in total. The molecule has 2 heterocycles. The third-order valence-electron chi connectivity index (χ3n) is 4.27. The van der Waals surface area contributed by atoms with E-state index in [2.05, 4.69) is 10.3 Å². The van der Waals surface area contributed by atoms with Gasteiger partial charge in [0.25, 0.3) is 0 Å². The van der Waals surface area contributed by atoms with Gasteiger partial charge in [-0.2, -0.15) is 0 Å². The van der Waals surface area contributed by atoms with Crippen LogP contribution in [-0.4, -0.2) is 30.1 Å². The summed E-state index contributed by atoms with van der Waals surface area (Å²) < 4.78 is 17.2. The number of oxazole rings is 1. The predicted octanol–water partition coefficient (Wildman–Crippen LogP) is 3.23. The number of amides is 1. The molecule has 3 aromatic rings. The summed E-state index contributed by atoms with van der Waals surface area (Å²) in [6.07, 6.45) is 2.24. The van der Waals surface area contributed by atoms with Crippen molar-refractivity contribution in [2.75, 3.05) is 13.2 Å². The summed E-state index contributed by atoms with van der Waals surface area (Å²) in [7, 11) is 0. The molecule has 0 bridgehead atoms. The largest absolute Gasteiger partial charge is 0.486 e. The Balaban J connectivity index is 1.23. The minimum atomic E-state index is -0.199. The highest BCUT2D eigenvalue weighted by molar-refractivity contribution is 5.76. The molecular weight excluding hydrogens is 344 g/mol. The third kappa shape index (κ3) is 4.28. The van der Waals surface area contributed by atoms with E-state index in [-0.39, 0.29) is 12.0 Å². The van der Waals surface area contributed by atoms with Crippen LogP contribution in [0, 0.1) is 0 Å². The Morgan fingerprint density at radius 1 is 1.07 bits per heavy atom. The van der Waals surface area contributed by atoms with Gasteiger partial charge in [0.15, 0.2) is 23.1 Å². The molecule has 1 aliphatic heterocycles. The van der Waals surface area contributed by atoms with Crippen LogP contribution < -0.4 is 14.8 Å². The van der Waals surface area contributed by atoms with Gasteiger partial charge in [-0.1, -0.05) is 42.5 Å². The van der Waals surface area contributed by atoms with E-state index in [1.54, 1.807) is 6.20 Å². The number of hydrogen-bond donors (Lipinski definition) is 1. The van der Waals surface area contributed by atoms with E-state index in [1.165, 1.54) is 0 Å². The van der Waals surface area contributed by atoms with E-state index in [9.17, 15) is 4.79 Å². The molecule has 1 atom stereocenters. The normalized spacial score (nSPS) is 15.3. The van der Waals surface area contributed by atoms with Crippen LogP contribution in [0.5, 0.6) is 11.5 Å². The van der Waals surface area contributed by atoms with E-state index in [4.69, 9.17) is 13.9 Å². The number of nitrogens with one attached hydrogen (secondary N) is 1. The fourth-order valence-electron chi connectivity index (χ4n) is 2.86. The van der Waals surface area contributed by atoms with Crippen LogP contribution in [0.1, 0.15) is 12.3 Å². The number of fused-ring (bicyclic) bond motifs is 1. The van der Waals surface area contributed by atoms with Crippen molar-refractivity contribution >= 4 is 5.91 Å². The molecule has 1 aliphatic rings. The molecular formula is C21H20N2O4. The number of hydrogen-bond acceptors (Lipinski definition) is 5. The number of carbonyl (C=O) groups excluding carboxylic acids is 1. The lowest BCUT2D eigenvalue weighted by atomic mass is 10.2. The van der Waals surface area contributed by atoms with Gasteiger partial charge in [0.05, 0.1) is 12.7 Å². The summed E-state index contributed by atoms with van der Waals surface area (Å²) in [4.78, 5) is 16.4. The first-order chi connectivity index (χ1) is 13.3. The second kappa shape index (κ2) is 7.95. The number of aryl methyl sites for hydroxylation is 1. The Morgan fingerprint density at radius 3 is 2.70 bits per heavy atom. The van der Waals surface area contributed by atoms with Crippen LogP contribution in [0.15, 0.2) is 65.2 Å². The van der Waals surface area contributed by atoms with Crippen molar-refractivity contribution < 1.29 is 18.7 Å². The zero-order valence-corrected chi connectivity index (χ0v) is 14.8. The zero-order chi connectivity index (χ0) is 18.5. The van der Waals surface area contributed by atoms with Crippen LogP contribution in [-0.2, 0) is 11.2 Å². The van der Waals surface area contributed by atoms with Crippen LogP contribution >= 0.6 is 0 Å². The zero-order valence-electron chi connectivity index (χ0n) is 14.8. The summed E-state index contributed by atoms with van der Waals surface area (Å²) in [5, 5.41) is 2.88. The maximum Gasteiger partial charge on any atom is 0.220 e. The van der Waals surface area contributed by atoms with Gasteiger partial charge in [0, 0.05) is 18.4 Å². The average Bonchev–Trinajstić information content (AvgIpc) is 3.20. The quantitative estimate of drug-likeness (QED) is 0.727. The monoisotopic (exact) mass is 364 g/mol. The molecule has 1 N–H and O–H groups in total. The lowest BCUT2D eigenvalue weighted by Gasteiger charge is -2.26. The van der Waals surface area contributed by atoms with E-state index >= 15 is 0 Å². The van der Waals surface area contributed by atoms with Crippen LogP contribution in [0.2, 0.25) is 0 Å². The standard InChI is InChI=1S/C21H20N2O4/c24-20(22-12-16-14-25-17-8-4-5-9-18(17)26-16)10-11-21-23-13-19(27-21)15-6-2-1-3-7-15/h1-9,13,16H,10-12,14H2,(H,22,24). The summed E-state index contributed by atoms with van der Waals surface area (Å²) in [6, 6.07) is 17.3. The Hall–Kier alpha value is -3.28. The minimum absolute atomic E-state index is 0.0723. The van der Waals surface area contributed by atoms with Crippen molar-refractivity contribution in [1.29, 1.82) is 0 Å². The van der Waals surface area contributed by atoms with Crippen molar-refractivity contribution in [2.45, 2.75) is 18.9 Å². The van der Waals surface area contributed by atoms with Gasteiger partial charge in [-0.3, -0.25) is 4.79 Å². The van der Waals surface area contributed by atoms with Gasteiger partial charge < -0.3 is 19.2 Å². The van der Waals surface area contributed by atoms with Gasteiger partial charge in [-0.05, 0) is 12.1 Å². The molecule has 0 spiro atoms. The van der Waals surface area contributed by atoms with Crippen LogP contribution in [0.4, 0.5) is 0 Å². The van der Waals surface area contributed by atoms with Crippen molar-refractivity contribution in [1.82, 2.24) is 10.3 Å². The van der Waals surface area contributed by atoms with Gasteiger partial charge in [-0.25, -0.2) is 4.98 Å². The highest BCUT2D eigenvalue weighted by Crippen LogP contribution is 2.30. The Kier molecular flexibility index (Phi) is 5.05. The summed E-state index contributed by atoms with van der Waals surface area (Å²) in [5.41, 5.74) is 0.968. The molecule has 0 fully saturated rings. The minimum Gasteiger partial charge on any atom is -0.486 e. The molecule has 0 radical (unpaired) electrons. The van der Waals surface area contributed by atoms with E-state index < -0.39 is 0 Å². The smallest absolute Gasteiger partial charge is 0.220 e. The van der Waals surface area contributed by atoms with Gasteiger partial charge in [0.2, 0.25) is 5.91 Å². The fraction of sp³-hybridized carbons (Fsp3) is 0.238. The molecule has 6 heteroatoms. The average molecular weight is 364 g/mol. The molecule has 0 saturated carbocycles. The number of carbonyl (C=O) groups is 1. The molecule has 27 heavy (non-hydrogen) atoms. The Labute approximate surface area is 157 Å². The first-order valence-corrected chi connectivity index (χ1v) is 8.93. The Morgan fingerprint density at radius 2 is 1.85 bits per heavy atom. The van der Waals surface area contributed by atoms with Gasteiger partial charge in [-0.15, -0.1) is 0 Å². The molecule has 1 amide bonds. The second-order valence-electron chi connectivity index (χ2n) is 6.29. The van der Waals surface area contributed by atoms with E-state index in [1.807, 2.05) is 54.6 Å². The van der Waals surface area contributed by atoms with Crippen molar-refractivity contribution in [3.05, 3.63) is 66.7 Å². The highest BCUT2D eigenvalue weighted by atomic mass is 16.6. The molecule has 1 unspecified atom stereocenters. The molecule has 1 aromatic heterocycles. The number of benzene rings is 2. The number of aromatic nitrogens is 1. The molecule has 4 rings (SSSR count). The Bertz CT molecular complexity index is 907. The SMILES string of the molecule is O=C(CCc1ncc(-c2ccccc2)o1)NCC1COc2ccccc2O1. The number of para-hydroxylation sites is 2. The van der Waals surface area contributed by atoms with Crippen LogP contribution in [0.25, 0.3) is 11.3 Å². The maximum absolute atomic E-state index is 12.1.